The molecule has 0 radical (unpaired) electrons. The minimum absolute atomic E-state index is 0.0391. The molecule has 2 aromatic heterocycles. The van der Waals surface area contributed by atoms with Gasteiger partial charge in [0, 0.05) is 42.6 Å². The first-order valence-electron chi connectivity index (χ1n) is 10.1. The number of benzene rings is 2. The van der Waals surface area contributed by atoms with E-state index in [4.69, 9.17) is 4.74 Å². The average molecular weight is 399 g/mol. The number of para-hydroxylation sites is 1. The summed E-state index contributed by atoms with van der Waals surface area (Å²) in [6, 6.07) is 21.9. The van der Waals surface area contributed by atoms with Gasteiger partial charge in [-0.25, -0.2) is 0 Å². The van der Waals surface area contributed by atoms with Crippen LogP contribution in [0.15, 0.2) is 85.3 Å². The van der Waals surface area contributed by atoms with Crippen LogP contribution in [-0.2, 0) is 17.9 Å². The van der Waals surface area contributed by atoms with Crippen LogP contribution in [-0.4, -0.2) is 15.5 Å². The van der Waals surface area contributed by atoms with Gasteiger partial charge in [-0.2, -0.15) is 0 Å². The lowest BCUT2D eigenvalue weighted by molar-refractivity contribution is -0.121. The van der Waals surface area contributed by atoms with Gasteiger partial charge in [0.1, 0.15) is 12.4 Å². The fourth-order valence-corrected chi connectivity index (χ4v) is 3.46. The van der Waals surface area contributed by atoms with Crippen LogP contribution in [0.4, 0.5) is 0 Å². The van der Waals surface area contributed by atoms with Crippen molar-refractivity contribution in [3.8, 4) is 5.75 Å². The Morgan fingerprint density at radius 3 is 2.70 bits per heavy atom. The van der Waals surface area contributed by atoms with E-state index in [1.807, 2.05) is 61.7 Å². The second-order valence-corrected chi connectivity index (χ2v) is 7.33. The normalized spacial score (nSPS) is 11.9. The molecule has 0 bridgehead atoms. The van der Waals surface area contributed by atoms with E-state index in [9.17, 15) is 4.79 Å². The van der Waals surface area contributed by atoms with Gasteiger partial charge in [0.25, 0.3) is 0 Å². The molecule has 0 spiro atoms. The van der Waals surface area contributed by atoms with Gasteiger partial charge >= 0.3 is 0 Å². The summed E-state index contributed by atoms with van der Waals surface area (Å²) in [6.07, 6.45) is 6.01. The number of amides is 1. The number of carbonyl (C=O) groups is 1. The van der Waals surface area contributed by atoms with Crippen LogP contribution < -0.4 is 10.1 Å². The van der Waals surface area contributed by atoms with E-state index in [2.05, 4.69) is 33.1 Å². The largest absolute Gasteiger partial charge is 0.489 e. The maximum Gasteiger partial charge on any atom is 0.222 e. The second kappa shape index (κ2) is 9.27. The molecule has 0 fully saturated rings. The number of fused-ring (bicyclic) bond motifs is 1. The average Bonchev–Trinajstić information content (AvgIpc) is 3.20. The van der Waals surface area contributed by atoms with Crippen molar-refractivity contribution in [2.45, 2.75) is 32.5 Å². The predicted octanol–water partition coefficient (Wildman–Crippen LogP) is 4.88. The third-order valence-corrected chi connectivity index (χ3v) is 5.15. The standard InChI is InChI=1S/C25H25N3O2/c1-19(21-8-10-23(11-9-21)30-18-20-5-4-14-26-17-20)27-25(29)13-16-28-15-12-22-6-2-3-7-24(22)28/h2-12,14-15,17,19H,13,16,18H2,1H3,(H,27,29). The molecular weight excluding hydrogens is 374 g/mol. The minimum atomic E-state index is -0.0636. The van der Waals surface area contributed by atoms with Crippen LogP contribution in [0.2, 0.25) is 0 Å². The van der Waals surface area contributed by atoms with E-state index in [0.717, 1.165) is 22.4 Å². The molecule has 0 aliphatic rings. The Labute approximate surface area is 176 Å². The molecule has 1 N–H and O–H groups in total. The predicted molar refractivity (Wildman–Crippen MR) is 118 cm³/mol. The van der Waals surface area contributed by atoms with Gasteiger partial charge in [0.05, 0.1) is 6.04 Å². The van der Waals surface area contributed by atoms with E-state index in [0.29, 0.717) is 19.6 Å². The van der Waals surface area contributed by atoms with Gasteiger partial charge in [0.2, 0.25) is 5.91 Å². The first-order valence-corrected chi connectivity index (χ1v) is 10.1. The van der Waals surface area contributed by atoms with Crippen molar-refractivity contribution in [2.24, 2.45) is 0 Å². The molecule has 1 atom stereocenters. The first kappa shape index (κ1) is 19.7. The van der Waals surface area contributed by atoms with Gasteiger partial charge in [-0.1, -0.05) is 36.4 Å². The highest BCUT2D eigenvalue weighted by atomic mass is 16.5. The molecule has 1 amide bonds. The number of carbonyl (C=O) groups excluding carboxylic acids is 1. The molecule has 2 heterocycles. The lowest BCUT2D eigenvalue weighted by Gasteiger charge is -2.15. The number of hydrogen-bond acceptors (Lipinski definition) is 3. The molecule has 0 aliphatic heterocycles. The summed E-state index contributed by atoms with van der Waals surface area (Å²) >= 11 is 0. The summed E-state index contributed by atoms with van der Waals surface area (Å²) in [5.74, 6) is 0.831. The Bertz CT molecular complexity index is 1100. The molecule has 1 unspecified atom stereocenters. The summed E-state index contributed by atoms with van der Waals surface area (Å²) in [7, 11) is 0. The molecule has 4 rings (SSSR count). The third kappa shape index (κ3) is 4.87. The van der Waals surface area contributed by atoms with Gasteiger partial charge in [0.15, 0.2) is 0 Å². The van der Waals surface area contributed by atoms with Crippen molar-refractivity contribution in [3.05, 3.63) is 96.4 Å². The van der Waals surface area contributed by atoms with Crippen molar-refractivity contribution < 1.29 is 9.53 Å². The summed E-state index contributed by atoms with van der Waals surface area (Å²) in [5, 5.41) is 4.27. The zero-order valence-corrected chi connectivity index (χ0v) is 17.0. The smallest absolute Gasteiger partial charge is 0.222 e. The Balaban J connectivity index is 1.27. The van der Waals surface area contributed by atoms with Crippen molar-refractivity contribution in [1.29, 1.82) is 0 Å². The lowest BCUT2D eigenvalue weighted by Crippen LogP contribution is -2.27. The Morgan fingerprint density at radius 1 is 1.07 bits per heavy atom. The number of aryl methyl sites for hydroxylation is 1. The van der Waals surface area contributed by atoms with Crippen LogP contribution in [0.5, 0.6) is 5.75 Å². The Hall–Kier alpha value is -3.60. The molecule has 5 nitrogen and oxygen atoms in total. The SMILES string of the molecule is CC(NC(=O)CCn1ccc2ccccc21)c1ccc(OCc2cccnc2)cc1. The van der Waals surface area contributed by atoms with E-state index < -0.39 is 0 Å². The van der Waals surface area contributed by atoms with Crippen molar-refractivity contribution >= 4 is 16.8 Å². The number of ether oxygens (including phenoxy) is 1. The van der Waals surface area contributed by atoms with Gasteiger partial charge in [-0.15, -0.1) is 0 Å². The molecule has 30 heavy (non-hydrogen) atoms. The maximum atomic E-state index is 12.4. The number of aromatic nitrogens is 2. The fourth-order valence-electron chi connectivity index (χ4n) is 3.46. The summed E-state index contributed by atoms with van der Waals surface area (Å²) in [5.41, 5.74) is 3.22. The minimum Gasteiger partial charge on any atom is -0.489 e. The van der Waals surface area contributed by atoms with E-state index in [1.54, 1.807) is 12.4 Å². The zero-order valence-electron chi connectivity index (χ0n) is 17.0. The zero-order chi connectivity index (χ0) is 20.8. The molecular formula is C25H25N3O2. The lowest BCUT2D eigenvalue weighted by atomic mass is 10.1. The highest BCUT2D eigenvalue weighted by Crippen LogP contribution is 2.19. The van der Waals surface area contributed by atoms with Crippen LogP contribution >= 0.6 is 0 Å². The number of hydrogen-bond donors (Lipinski definition) is 1. The van der Waals surface area contributed by atoms with Crippen molar-refractivity contribution in [3.63, 3.8) is 0 Å². The third-order valence-electron chi connectivity index (χ3n) is 5.15. The maximum absolute atomic E-state index is 12.4. The number of pyridine rings is 1. The fraction of sp³-hybridized carbons (Fsp3) is 0.200. The molecule has 4 aromatic rings. The number of nitrogens with zero attached hydrogens (tertiary/aromatic N) is 2. The van der Waals surface area contributed by atoms with Crippen molar-refractivity contribution in [1.82, 2.24) is 14.9 Å². The van der Waals surface area contributed by atoms with E-state index >= 15 is 0 Å². The van der Waals surface area contributed by atoms with Crippen LogP contribution in [0.3, 0.4) is 0 Å². The van der Waals surface area contributed by atoms with Crippen LogP contribution in [0.1, 0.15) is 30.5 Å². The monoisotopic (exact) mass is 399 g/mol. The highest BCUT2D eigenvalue weighted by molar-refractivity contribution is 5.80. The molecule has 0 aliphatic carbocycles. The summed E-state index contributed by atoms with van der Waals surface area (Å²) in [4.78, 5) is 16.5. The number of nitrogens with one attached hydrogen (secondary N) is 1. The van der Waals surface area contributed by atoms with Gasteiger partial charge < -0.3 is 14.6 Å². The quantitative estimate of drug-likeness (QED) is 0.459. The van der Waals surface area contributed by atoms with Gasteiger partial charge in [-0.05, 0) is 48.2 Å². The summed E-state index contributed by atoms with van der Waals surface area (Å²) in [6.45, 7) is 3.13. The number of rotatable bonds is 8. The van der Waals surface area contributed by atoms with E-state index in [1.165, 1.54) is 5.39 Å². The van der Waals surface area contributed by atoms with Crippen molar-refractivity contribution in [2.75, 3.05) is 0 Å². The first-order chi connectivity index (χ1) is 14.7. The molecule has 2 aromatic carbocycles. The van der Waals surface area contributed by atoms with Gasteiger partial charge in [-0.3, -0.25) is 9.78 Å². The van der Waals surface area contributed by atoms with Crippen LogP contribution in [0.25, 0.3) is 10.9 Å². The Morgan fingerprint density at radius 2 is 1.90 bits per heavy atom. The highest BCUT2D eigenvalue weighted by Gasteiger charge is 2.10. The molecule has 0 saturated carbocycles. The second-order valence-electron chi connectivity index (χ2n) is 7.33. The topological polar surface area (TPSA) is 56.2 Å². The summed E-state index contributed by atoms with van der Waals surface area (Å²) < 4.78 is 7.91. The molecule has 152 valence electrons. The molecule has 5 heteroatoms. The Kier molecular flexibility index (Phi) is 6.09. The van der Waals surface area contributed by atoms with Crippen LogP contribution in [0, 0.1) is 0 Å². The molecule has 0 saturated heterocycles. The van der Waals surface area contributed by atoms with E-state index in [-0.39, 0.29) is 11.9 Å².